The third-order valence-corrected chi connectivity index (χ3v) is 4.33. The average molecular weight is 224 g/mol. The monoisotopic (exact) mass is 224 g/mol. The molecule has 0 aromatic carbocycles. The zero-order chi connectivity index (χ0) is 12.4. The highest BCUT2D eigenvalue weighted by Crippen LogP contribution is 2.51. The number of hydrogen-bond donors (Lipinski definition) is 0. The fraction of sp³-hybridized carbons (Fsp3) is 0.857. The number of ketones is 1. The van der Waals surface area contributed by atoms with Crippen molar-refractivity contribution >= 4 is 12.1 Å². The largest absolute Gasteiger partial charge is 0.303 e. The van der Waals surface area contributed by atoms with Crippen LogP contribution in [0, 0.1) is 16.7 Å². The highest BCUT2D eigenvalue weighted by Gasteiger charge is 2.45. The summed E-state index contributed by atoms with van der Waals surface area (Å²) in [7, 11) is 0. The number of rotatable bonds is 4. The molecule has 0 amide bonds. The van der Waals surface area contributed by atoms with Crippen molar-refractivity contribution in [2.24, 2.45) is 16.7 Å². The number of Topliss-reactive ketones (excluding diaryl/α,β-unsaturated/α-hetero) is 1. The first-order valence-corrected chi connectivity index (χ1v) is 6.27. The summed E-state index contributed by atoms with van der Waals surface area (Å²) in [6, 6.07) is 0. The normalized spacial score (nSPS) is 33.4. The summed E-state index contributed by atoms with van der Waals surface area (Å²) in [6.45, 7) is 8.16. The van der Waals surface area contributed by atoms with Crippen molar-refractivity contribution in [1.82, 2.24) is 0 Å². The Morgan fingerprint density at radius 1 is 1.31 bits per heavy atom. The molecule has 1 rings (SSSR count). The van der Waals surface area contributed by atoms with Gasteiger partial charge in [0.2, 0.25) is 0 Å². The van der Waals surface area contributed by atoms with E-state index in [9.17, 15) is 9.59 Å². The molecule has 0 heterocycles. The highest BCUT2D eigenvalue weighted by atomic mass is 16.1. The third kappa shape index (κ3) is 2.72. The van der Waals surface area contributed by atoms with Gasteiger partial charge in [0.15, 0.2) is 0 Å². The van der Waals surface area contributed by atoms with E-state index in [1.165, 1.54) is 6.42 Å². The molecule has 0 saturated heterocycles. The van der Waals surface area contributed by atoms with Gasteiger partial charge in [0.1, 0.15) is 12.1 Å². The van der Waals surface area contributed by atoms with E-state index in [2.05, 4.69) is 20.8 Å². The van der Waals surface area contributed by atoms with Crippen LogP contribution in [0.2, 0.25) is 0 Å². The third-order valence-electron chi connectivity index (χ3n) is 4.33. The molecule has 0 aromatic rings. The maximum absolute atomic E-state index is 11.3. The minimum atomic E-state index is -0.225. The Balaban J connectivity index is 2.84. The minimum Gasteiger partial charge on any atom is -0.303 e. The van der Waals surface area contributed by atoms with Crippen LogP contribution in [0.4, 0.5) is 0 Å². The van der Waals surface area contributed by atoms with Gasteiger partial charge in [-0.25, -0.2) is 0 Å². The molecule has 1 aliphatic rings. The lowest BCUT2D eigenvalue weighted by molar-refractivity contribution is -0.127. The summed E-state index contributed by atoms with van der Waals surface area (Å²) >= 11 is 0. The van der Waals surface area contributed by atoms with Gasteiger partial charge in [-0.05, 0) is 37.5 Å². The second-order valence-corrected chi connectivity index (χ2v) is 6.26. The van der Waals surface area contributed by atoms with Gasteiger partial charge in [-0.15, -0.1) is 0 Å². The number of aldehydes is 1. The van der Waals surface area contributed by atoms with E-state index >= 15 is 0 Å². The standard InChI is InChI=1S/C14H24O2/c1-11(16)6-7-12-13(2,3)8-5-9-14(12,4)10-15/h10,12H,5-9H2,1-4H3/t12-,14+/m0/s1. The summed E-state index contributed by atoms with van der Waals surface area (Å²) in [4.78, 5) is 22.4. The van der Waals surface area contributed by atoms with Crippen molar-refractivity contribution in [1.29, 1.82) is 0 Å². The summed E-state index contributed by atoms with van der Waals surface area (Å²) in [5.74, 6) is 0.574. The second-order valence-electron chi connectivity index (χ2n) is 6.26. The fourth-order valence-electron chi connectivity index (χ4n) is 3.38. The molecule has 1 aliphatic carbocycles. The molecule has 1 saturated carbocycles. The lowest BCUT2D eigenvalue weighted by Gasteiger charge is -2.48. The van der Waals surface area contributed by atoms with Gasteiger partial charge < -0.3 is 9.59 Å². The van der Waals surface area contributed by atoms with Crippen molar-refractivity contribution in [2.75, 3.05) is 0 Å². The Kier molecular flexibility index (Phi) is 3.92. The summed E-state index contributed by atoms with van der Waals surface area (Å²) in [5, 5.41) is 0. The maximum atomic E-state index is 11.3. The molecule has 2 atom stereocenters. The molecule has 0 bridgehead atoms. The van der Waals surface area contributed by atoms with Gasteiger partial charge in [-0.1, -0.05) is 27.2 Å². The van der Waals surface area contributed by atoms with E-state index in [0.29, 0.717) is 12.3 Å². The van der Waals surface area contributed by atoms with Crippen LogP contribution in [0.5, 0.6) is 0 Å². The van der Waals surface area contributed by atoms with Gasteiger partial charge in [-0.2, -0.15) is 0 Å². The van der Waals surface area contributed by atoms with Gasteiger partial charge in [0, 0.05) is 11.8 Å². The van der Waals surface area contributed by atoms with E-state index in [4.69, 9.17) is 0 Å². The van der Waals surface area contributed by atoms with E-state index < -0.39 is 0 Å². The van der Waals surface area contributed by atoms with E-state index in [1.54, 1.807) is 6.92 Å². The summed E-state index contributed by atoms with van der Waals surface area (Å²) < 4.78 is 0. The predicted octanol–water partition coefficient (Wildman–Crippen LogP) is 3.39. The Labute approximate surface area is 98.8 Å². The van der Waals surface area contributed by atoms with Crippen LogP contribution in [0.1, 0.15) is 59.8 Å². The zero-order valence-electron chi connectivity index (χ0n) is 11.0. The van der Waals surface area contributed by atoms with Gasteiger partial charge in [-0.3, -0.25) is 0 Å². The molecule has 1 fully saturated rings. The Morgan fingerprint density at radius 3 is 2.44 bits per heavy atom. The van der Waals surface area contributed by atoms with E-state index in [1.807, 2.05) is 0 Å². The lowest BCUT2D eigenvalue weighted by Crippen LogP contribution is -2.43. The number of carbonyl (C=O) groups is 2. The van der Waals surface area contributed by atoms with Crippen LogP contribution in [0.3, 0.4) is 0 Å². The van der Waals surface area contributed by atoms with Crippen LogP contribution < -0.4 is 0 Å². The van der Waals surface area contributed by atoms with Gasteiger partial charge in [0.05, 0.1) is 0 Å². The fourth-order valence-corrected chi connectivity index (χ4v) is 3.38. The van der Waals surface area contributed by atoms with Crippen molar-refractivity contribution < 1.29 is 9.59 Å². The molecule has 0 unspecified atom stereocenters. The minimum absolute atomic E-state index is 0.184. The molecule has 2 nitrogen and oxygen atoms in total. The Morgan fingerprint density at radius 2 is 1.94 bits per heavy atom. The van der Waals surface area contributed by atoms with Crippen molar-refractivity contribution in [3.63, 3.8) is 0 Å². The SMILES string of the molecule is CC(=O)CC[C@H]1C(C)(C)CCC[C@]1(C)C=O. The quantitative estimate of drug-likeness (QED) is 0.686. The molecule has 2 heteroatoms. The molecular formula is C14H24O2. The second kappa shape index (κ2) is 4.68. The van der Waals surface area contributed by atoms with Crippen LogP contribution in [0.25, 0.3) is 0 Å². The van der Waals surface area contributed by atoms with Crippen molar-refractivity contribution in [2.45, 2.75) is 59.8 Å². The molecule has 0 spiro atoms. The molecule has 92 valence electrons. The van der Waals surface area contributed by atoms with E-state index in [-0.39, 0.29) is 16.6 Å². The molecule has 16 heavy (non-hydrogen) atoms. The Bertz CT molecular complexity index is 280. The number of hydrogen-bond acceptors (Lipinski definition) is 2. The zero-order valence-corrected chi connectivity index (χ0v) is 11.0. The van der Waals surface area contributed by atoms with Crippen LogP contribution in [-0.4, -0.2) is 12.1 Å². The van der Waals surface area contributed by atoms with Crippen LogP contribution in [0.15, 0.2) is 0 Å². The van der Waals surface area contributed by atoms with Crippen LogP contribution >= 0.6 is 0 Å². The molecular weight excluding hydrogens is 200 g/mol. The van der Waals surface area contributed by atoms with Crippen molar-refractivity contribution in [3.8, 4) is 0 Å². The summed E-state index contributed by atoms with van der Waals surface area (Å²) in [6.07, 6.45) is 5.86. The smallest absolute Gasteiger partial charge is 0.129 e. The summed E-state index contributed by atoms with van der Waals surface area (Å²) in [5.41, 5.74) is -0.0411. The van der Waals surface area contributed by atoms with E-state index in [0.717, 1.165) is 25.5 Å². The molecule has 0 N–H and O–H groups in total. The molecule has 0 radical (unpaired) electrons. The Hall–Kier alpha value is -0.660. The number of carbonyl (C=O) groups excluding carboxylic acids is 2. The topological polar surface area (TPSA) is 34.1 Å². The average Bonchev–Trinajstić information content (AvgIpc) is 2.15. The predicted molar refractivity (Wildman–Crippen MR) is 65.2 cm³/mol. The highest BCUT2D eigenvalue weighted by molar-refractivity contribution is 5.75. The van der Waals surface area contributed by atoms with Gasteiger partial charge in [0.25, 0.3) is 0 Å². The first kappa shape index (κ1) is 13.4. The first-order chi connectivity index (χ1) is 7.32. The van der Waals surface area contributed by atoms with Gasteiger partial charge >= 0.3 is 0 Å². The first-order valence-electron chi connectivity index (χ1n) is 6.27. The van der Waals surface area contributed by atoms with Crippen molar-refractivity contribution in [3.05, 3.63) is 0 Å². The lowest BCUT2D eigenvalue weighted by atomic mass is 9.55. The molecule has 0 aromatic heterocycles. The molecule has 0 aliphatic heterocycles. The van der Waals surface area contributed by atoms with Crippen LogP contribution in [-0.2, 0) is 9.59 Å². The maximum Gasteiger partial charge on any atom is 0.129 e.